The smallest absolute Gasteiger partial charge is 0.304 e. The van der Waals surface area contributed by atoms with Crippen LogP contribution in [0.4, 0.5) is 5.69 Å². The average Bonchev–Trinajstić information content (AvgIpc) is 2.79. The van der Waals surface area contributed by atoms with Gasteiger partial charge in [0.05, 0.1) is 5.69 Å². The van der Waals surface area contributed by atoms with Crippen molar-refractivity contribution >= 4 is 39.3 Å². The zero-order valence-electron chi connectivity index (χ0n) is 19.4. The lowest BCUT2D eigenvalue weighted by molar-refractivity contribution is -0.140. The minimum Gasteiger partial charge on any atom is -0.355 e. The Morgan fingerprint density at radius 3 is 2.15 bits per heavy atom. The number of hydrogen-bond acceptors (Lipinski definition) is 4. The Labute approximate surface area is 201 Å². The molecule has 2 rings (SSSR count). The summed E-state index contributed by atoms with van der Waals surface area (Å²) in [7, 11) is -1.16. The summed E-state index contributed by atoms with van der Waals surface area (Å²) in [4.78, 5) is 27.8. The highest BCUT2D eigenvalue weighted by Gasteiger charge is 2.33. The van der Waals surface area contributed by atoms with Gasteiger partial charge < -0.3 is 10.2 Å². The highest BCUT2D eigenvalue weighted by Crippen LogP contribution is 2.23. The van der Waals surface area contributed by atoms with E-state index in [1.807, 2.05) is 0 Å². The maximum absolute atomic E-state index is 13.6. The van der Waals surface area contributed by atoms with Crippen LogP contribution < -0.4 is 9.62 Å². The van der Waals surface area contributed by atoms with Crippen molar-refractivity contribution in [2.45, 2.75) is 32.9 Å². The first-order chi connectivity index (χ1) is 15.6. The van der Waals surface area contributed by atoms with Gasteiger partial charge in [-0.2, -0.15) is 12.7 Å². The highest BCUT2D eigenvalue weighted by molar-refractivity contribution is 7.90. The van der Waals surface area contributed by atoms with E-state index >= 15 is 0 Å². The predicted octanol–water partition coefficient (Wildman–Crippen LogP) is 2.90. The van der Waals surface area contributed by atoms with Crippen LogP contribution >= 0.6 is 11.6 Å². The third kappa shape index (κ3) is 6.69. The second-order valence-electron chi connectivity index (χ2n) is 7.56. The number of rotatable bonds is 11. The third-order valence-corrected chi connectivity index (χ3v) is 7.29. The molecule has 0 aliphatic carbocycles. The van der Waals surface area contributed by atoms with E-state index < -0.39 is 28.7 Å². The number of anilines is 1. The first-order valence-corrected chi connectivity index (χ1v) is 12.5. The number of nitrogens with zero attached hydrogens (tertiary/aromatic N) is 3. The van der Waals surface area contributed by atoms with E-state index in [0.29, 0.717) is 29.2 Å². The molecular weight excluding hydrogens is 464 g/mol. The summed E-state index contributed by atoms with van der Waals surface area (Å²) < 4.78 is 28.2. The van der Waals surface area contributed by atoms with Crippen LogP contribution in [0, 0.1) is 0 Å². The van der Waals surface area contributed by atoms with Crippen molar-refractivity contribution in [3.63, 3.8) is 0 Å². The number of hydrogen-bond donors (Lipinski definition) is 1. The van der Waals surface area contributed by atoms with Crippen LogP contribution in [-0.2, 0) is 26.3 Å². The molecule has 0 aliphatic rings. The van der Waals surface area contributed by atoms with Gasteiger partial charge in [-0.1, -0.05) is 54.9 Å². The highest BCUT2D eigenvalue weighted by atomic mass is 35.5. The minimum absolute atomic E-state index is 0.0682. The van der Waals surface area contributed by atoms with E-state index in [4.69, 9.17) is 11.6 Å². The van der Waals surface area contributed by atoms with Crippen molar-refractivity contribution in [1.29, 1.82) is 0 Å². The molecule has 33 heavy (non-hydrogen) atoms. The number of carbonyl (C=O) groups is 2. The molecule has 1 atom stereocenters. The van der Waals surface area contributed by atoms with Crippen molar-refractivity contribution in [2.24, 2.45) is 0 Å². The van der Waals surface area contributed by atoms with E-state index in [1.165, 1.54) is 19.0 Å². The zero-order valence-corrected chi connectivity index (χ0v) is 20.9. The molecule has 2 aromatic carbocycles. The Hall–Kier alpha value is -2.62. The SMILES string of the molecule is CCNC(=O)[C@H](CC)N(Cc1ccccc1Cl)C(=O)CN(c1ccccc1)S(=O)(=O)N(C)C. The molecule has 0 aromatic heterocycles. The van der Waals surface area contributed by atoms with E-state index in [9.17, 15) is 18.0 Å². The Morgan fingerprint density at radius 1 is 1.00 bits per heavy atom. The van der Waals surface area contributed by atoms with E-state index in [2.05, 4.69) is 5.32 Å². The number of likely N-dealkylation sites (N-methyl/N-ethyl adjacent to an activating group) is 1. The number of amides is 2. The quantitative estimate of drug-likeness (QED) is 0.520. The number of nitrogens with one attached hydrogen (secondary N) is 1. The van der Waals surface area contributed by atoms with Gasteiger partial charge in [-0.3, -0.25) is 9.59 Å². The molecule has 2 amide bonds. The Morgan fingerprint density at radius 2 is 1.61 bits per heavy atom. The molecule has 10 heteroatoms. The molecule has 0 spiro atoms. The van der Waals surface area contributed by atoms with Crippen LogP contribution in [0.25, 0.3) is 0 Å². The second-order valence-corrected chi connectivity index (χ2v) is 10.0. The summed E-state index contributed by atoms with van der Waals surface area (Å²) >= 11 is 6.33. The molecule has 0 saturated carbocycles. The first kappa shape index (κ1) is 26.6. The van der Waals surface area contributed by atoms with Crippen LogP contribution in [0.15, 0.2) is 54.6 Å². The molecule has 0 saturated heterocycles. The van der Waals surface area contributed by atoms with Gasteiger partial charge in [0, 0.05) is 32.2 Å². The van der Waals surface area contributed by atoms with Gasteiger partial charge in [0.25, 0.3) is 0 Å². The first-order valence-electron chi connectivity index (χ1n) is 10.7. The van der Waals surface area contributed by atoms with Gasteiger partial charge >= 0.3 is 10.2 Å². The molecule has 0 bridgehead atoms. The Bertz CT molecular complexity index is 1050. The molecule has 8 nitrogen and oxygen atoms in total. The molecule has 0 heterocycles. The van der Waals surface area contributed by atoms with Gasteiger partial charge in [0.1, 0.15) is 12.6 Å². The standard InChI is InChI=1S/C23H31ClN4O4S/c1-5-21(23(30)25-6-2)27(16-18-12-10-11-15-20(18)24)22(29)17-28(33(31,32)26(3)4)19-13-8-7-9-14-19/h7-15,21H,5-6,16-17H2,1-4H3,(H,25,30)/t21-/m0/s1. The largest absolute Gasteiger partial charge is 0.355 e. The number of para-hydroxylation sites is 1. The zero-order chi connectivity index (χ0) is 24.6. The van der Waals surface area contributed by atoms with Crippen molar-refractivity contribution < 1.29 is 18.0 Å². The van der Waals surface area contributed by atoms with Crippen molar-refractivity contribution in [2.75, 3.05) is 31.5 Å². The molecule has 0 fully saturated rings. The Balaban J connectivity index is 2.48. The summed E-state index contributed by atoms with van der Waals surface area (Å²) in [5.41, 5.74) is 1.01. The average molecular weight is 495 g/mol. The lowest BCUT2D eigenvalue weighted by atomic mass is 10.1. The van der Waals surface area contributed by atoms with Crippen molar-refractivity contribution in [1.82, 2.24) is 14.5 Å². The summed E-state index contributed by atoms with van der Waals surface area (Å²) in [5, 5.41) is 3.22. The van der Waals surface area contributed by atoms with Crippen LogP contribution in [0.2, 0.25) is 5.02 Å². The van der Waals surface area contributed by atoms with Crippen molar-refractivity contribution in [3.05, 3.63) is 65.2 Å². The lowest BCUT2D eigenvalue weighted by Crippen LogP contribution is -2.53. The molecular formula is C23H31ClN4O4S. The van der Waals surface area contributed by atoms with Gasteiger partial charge in [-0.15, -0.1) is 0 Å². The van der Waals surface area contributed by atoms with Crippen LogP contribution in [0.1, 0.15) is 25.8 Å². The van der Waals surface area contributed by atoms with E-state index in [0.717, 1.165) is 8.61 Å². The monoisotopic (exact) mass is 494 g/mol. The van der Waals surface area contributed by atoms with E-state index in [1.54, 1.807) is 68.4 Å². The third-order valence-electron chi connectivity index (χ3n) is 5.10. The molecule has 0 unspecified atom stereocenters. The van der Waals surface area contributed by atoms with Gasteiger partial charge in [0.2, 0.25) is 11.8 Å². The van der Waals surface area contributed by atoms with Gasteiger partial charge in [-0.05, 0) is 37.1 Å². The number of carbonyl (C=O) groups excluding carboxylic acids is 2. The van der Waals surface area contributed by atoms with E-state index in [-0.39, 0.29) is 12.5 Å². The maximum Gasteiger partial charge on any atom is 0.304 e. The molecule has 2 aromatic rings. The normalized spacial score (nSPS) is 12.3. The predicted molar refractivity (Wildman–Crippen MR) is 131 cm³/mol. The molecule has 1 N–H and O–H groups in total. The van der Waals surface area contributed by atoms with Crippen LogP contribution in [-0.4, -0.2) is 62.7 Å². The lowest BCUT2D eigenvalue weighted by Gasteiger charge is -2.34. The number of benzene rings is 2. The van der Waals surface area contributed by atoms with Crippen LogP contribution in [0.5, 0.6) is 0 Å². The fourth-order valence-electron chi connectivity index (χ4n) is 3.33. The maximum atomic E-state index is 13.6. The molecule has 0 aliphatic heterocycles. The minimum atomic E-state index is -3.97. The summed E-state index contributed by atoms with van der Waals surface area (Å²) in [6, 6.07) is 14.7. The molecule has 180 valence electrons. The fourth-order valence-corrected chi connectivity index (χ4v) is 4.58. The fraction of sp³-hybridized carbons (Fsp3) is 0.391. The Kier molecular flexibility index (Phi) is 9.70. The van der Waals surface area contributed by atoms with Gasteiger partial charge in [-0.25, -0.2) is 4.31 Å². The van der Waals surface area contributed by atoms with Crippen molar-refractivity contribution in [3.8, 4) is 0 Å². The molecule has 0 radical (unpaired) electrons. The van der Waals surface area contributed by atoms with Gasteiger partial charge in [0.15, 0.2) is 0 Å². The number of halogens is 1. The second kappa shape index (κ2) is 12.0. The summed E-state index contributed by atoms with van der Waals surface area (Å²) in [6.45, 7) is 3.61. The summed E-state index contributed by atoms with van der Waals surface area (Å²) in [6.07, 6.45) is 0.355. The summed E-state index contributed by atoms with van der Waals surface area (Å²) in [5.74, 6) is -0.815. The van der Waals surface area contributed by atoms with Crippen LogP contribution in [0.3, 0.4) is 0 Å². The topological polar surface area (TPSA) is 90.0 Å².